The molecule has 6 heteroatoms. The fourth-order valence-electron chi connectivity index (χ4n) is 2.38. The number of benzene rings is 2. The molecule has 2 N–H and O–H groups in total. The molecule has 0 bridgehead atoms. The molecule has 0 spiro atoms. The molecule has 122 valence electrons. The molecule has 1 aromatic heterocycles. The van der Waals surface area contributed by atoms with Crippen LogP contribution in [0.3, 0.4) is 0 Å². The molecule has 1 atom stereocenters. The van der Waals surface area contributed by atoms with E-state index in [2.05, 4.69) is 20.6 Å². The van der Waals surface area contributed by atoms with Gasteiger partial charge in [0.1, 0.15) is 23.9 Å². The van der Waals surface area contributed by atoms with Gasteiger partial charge in [0.2, 0.25) is 5.91 Å². The number of hydrogen-bond donors (Lipinski definition) is 2. The van der Waals surface area contributed by atoms with Crippen molar-refractivity contribution < 1.29 is 9.53 Å². The van der Waals surface area contributed by atoms with Crippen molar-refractivity contribution in [3.05, 3.63) is 54.9 Å². The lowest BCUT2D eigenvalue weighted by Gasteiger charge is -2.16. The van der Waals surface area contributed by atoms with Crippen molar-refractivity contribution in [3.8, 4) is 5.75 Å². The zero-order chi connectivity index (χ0) is 16.9. The number of para-hydroxylation sites is 3. The van der Waals surface area contributed by atoms with Crippen LogP contribution >= 0.6 is 0 Å². The van der Waals surface area contributed by atoms with Gasteiger partial charge in [0.25, 0.3) is 0 Å². The summed E-state index contributed by atoms with van der Waals surface area (Å²) in [4.78, 5) is 20.9. The lowest BCUT2D eigenvalue weighted by molar-refractivity contribution is -0.116. The molecule has 3 aromatic rings. The van der Waals surface area contributed by atoms with Gasteiger partial charge in [0.05, 0.1) is 18.3 Å². The van der Waals surface area contributed by atoms with Crippen molar-refractivity contribution in [2.75, 3.05) is 17.7 Å². The number of hydrogen-bond acceptors (Lipinski definition) is 5. The number of fused-ring (bicyclic) bond motifs is 1. The van der Waals surface area contributed by atoms with Crippen molar-refractivity contribution >= 4 is 28.3 Å². The summed E-state index contributed by atoms with van der Waals surface area (Å²) >= 11 is 0. The van der Waals surface area contributed by atoms with Crippen LogP contribution in [0.2, 0.25) is 0 Å². The van der Waals surface area contributed by atoms with Crippen LogP contribution in [0.5, 0.6) is 5.75 Å². The first-order valence-corrected chi connectivity index (χ1v) is 7.59. The molecule has 3 rings (SSSR count). The second-order valence-electron chi connectivity index (χ2n) is 5.29. The van der Waals surface area contributed by atoms with Gasteiger partial charge in [-0.2, -0.15) is 0 Å². The maximum atomic E-state index is 12.4. The zero-order valence-corrected chi connectivity index (χ0v) is 13.5. The molecule has 2 aromatic carbocycles. The molecule has 6 nitrogen and oxygen atoms in total. The van der Waals surface area contributed by atoms with Crippen molar-refractivity contribution in [3.63, 3.8) is 0 Å². The van der Waals surface area contributed by atoms with E-state index in [9.17, 15) is 4.79 Å². The van der Waals surface area contributed by atoms with Crippen molar-refractivity contribution in [2.45, 2.75) is 13.0 Å². The molecule has 1 heterocycles. The summed E-state index contributed by atoms with van der Waals surface area (Å²) in [5, 5.41) is 6.87. The second kappa shape index (κ2) is 6.95. The number of nitrogens with one attached hydrogen (secondary N) is 2. The van der Waals surface area contributed by atoms with E-state index in [4.69, 9.17) is 4.74 Å². The molecule has 0 radical (unpaired) electrons. The zero-order valence-electron chi connectivity index (χ0n) is 13.5. The number of ether oxygens (including phenoxy) is 1. The normalized spacial score (nSPS) is 11.8. The van der Waals surface area contributed by atoms with Crippen LogP contribution in [-0.4, -0.2) is 29.0 Å². The summed E-state index contributed by atoms with van der Waals surface area (Å²) < 4.78 is 5.25. The van der Waals surface area contributed by atoms with E-state index in [1.807, 2.05) is 36.4 Å². The third-order valence-electron chi connectivity index (χ3n) is 3.65. The van der Waals surface area contributed by atoms with Gasteiger partial charge in [0.15, 0.2) is 0 Å². The van der Waals surface area contributed by atoms with E-state index in [1.54, 1.807) is 26.2 Å². The Morgan fingerprint density at radius 2 is 1.83 bits per heavy atom. The van der Waals surface area contributed by atoms with Crippen LogP contribution < -0.4 is 15.4 Å². The number of amides is 1. The van der Waals surface area contributed by atoms with Crippen molar-refractivity contribution in [1.82, 2.24) is 9.97 Å². The third-order valence-corrected chi connectivity index (χ3v) is 3.65. The predicted molar refractivity (Wildman–Crippen MR) is 94.2 cm³/mol. The van der Waals surface area contributed by atoms with Crippen LogP contribution in [0.4, 0.5) is 11.5 Å². The molecular weight excluding hydrogens is 304 g/mol. The Hall–Kier alpha value is -3.15. The Bertz CT molecular complexity index is 861. The van der Waals surface area contributed by atoms with E-state index in [-0.39, 0.29) is 5.91 Å². The maximum Gasteiger partial charge on any atom is 0.246 e. The summed E-state index contributed by atoms with van der Waals surface area (Å²) in [6.07, 6.45) is 1.48. The largest absolute Gasteiger partial charge is 0.495 e. The smallest absolute Gasteiger partial charge is 0.246 e. The first-order valence-electron chi connectivity index (χ1n) is 7.59. The third kappa shape index (κ3) is 3.27. The Morgan fingerprint density at radius 3 is 2.67 bits per heavy atom. The maximum absolute atomic E-state index is 12.4. The van der Waals surface area contributed by atoms with Gasteiger partial charge in [-0.1, -0.05) is 24.3 Å². The lowest BCUT2D eigenvalue weighted by Crippen LogP contribution is -2.32. The average Bonchev–Trinajstić information content (AvgIpc) is 2.62. The van der Waals surface area contributed by atoms with Gasteiger partial charge >= 0.3 is 0 Å². The van der Waals surface area contributed by atoms with Gasteiger partial charge in [-0.3, -0.25) is 4.79 Å². The summed E-state index contributed by atoms with van der Waals surface area (Å²) in [6.45, 7) is 1.78. The monoisotopic (exact) mass is 322 g/mol. The quantitative estimate of drug-likeness (QED) is 0.755. The van der Waals surface area contributed by atoms with Crippen LogP contribution in [0, 0.1) is 0 Å². The molecule has 0 aliphatic carbocycles. The number of aromatic nitrogens is 2. The van der Waals surface area contributed by atoms with Gasteiger partial charge < -0.3 is 15.4 Å². The van der Waals surface area contributed by atoms with Gasteiger partial charge in [-0.15, -0.1) is 0 Å². The summed E-state index contributed by atoms with van der Waals surface area (Å²) in [5.41, 5.74) is 1.46. The first-order chi connectivity index (χ1) is 11.7. The van der Waals surface area contributed by atoms with E-state index in [0.29, 0.717) is 17.3 Å². The summed E-state index contributed by atoms with van der Waals surface area (Å²) in [6, 6.07) is 14.5. The highest BCUT2D eigenvalue weighted by Crippen LogP contribution is 2.24. The molecule has 0 fully saturated rings. The van der Waals surface area contributed by atoms with Crippen molar-refractivity contribution in [1.29, 1.82) is 0 Å². The number of methoxy groups -OCH3 is 1. The second-order valence-corrected chi connectivity index (χ2v) is 5.29. The number of nitrogens with zero attached hydrogens (tertiary/aromatic N) is 2. The number of carbonyl (C=O) groups is 1. The SMILES string of the molecule is COc1ccccc1NC(=O)C(C)Nc1ncnc2ccccc12. The van der Waals surface area contributed by atoms with Gasteiger partial charge in [-0.25, -0.2) is 9.97 Å². The Balaban J connectivity index is 1.76. The van der Waals surface area contributed by atoms with Gasteiger partial charge in [-0.05, 0) is 31.2 Å². The highest BCUT2D eigenvalue weighted by Gasteiger charge is 2.16. The van der Waals surface area contributed by atoms with Gasteiger partial charge in [0, 0.05) is 5.39 Å². The minimum atomic E-state index is -0.479. The molecule has 1 unspecified atom stereocenters. The lowest BCUT2D eigenvalue weighted by atomic mass is 10.2. The Labute approximate surface area is 139 Å². The minimum absolute atomic E-state index is 0.179. The average molecular weight is 322 g/mol. The highest BCUT2D eigenvalue weighted by molar-refractivity contribution is 5.98. The molecule has 0 aliphatic rings. The molecule has 1 amide bonds. The standard InChI is InChI=1S/C18H18N4O2/c1-12(18(23)22-15-9-5-6-10-16(15)24-2)21-17-13-7-3-4-8-14(13)19-11-20-17/h3-12H,1-2H3,(H,22,23)(H,19,20,21). The van der Waals surface area contributed by atoms with E-state index in [0.717, 1.165) is 10.9 Å². The molecule has 24 heavy (non-hydrogen) atoms. The molecular formula is C18H18N4O2. The Morgan fingerprint density at radius 1 is 1.08 bits per heavy atom. The van der Waals surface area contributed by atoms with E-state index in [1.165, 1.54) is 6.33 Å². The van der Waals surface area contributed by atoms with E-state index < -0.39 is 6.04 Å². The van der Waals surface area contributed by atoms with Crippen LogP contribution in [0.1, 0.15) is 6.92 Å². The van der Waals surface area contributed by atoms with Crippen LogP contribution in [-0.2, 0) is 4.79 Å². The fourth-order valence-corrected chi connectivity index (χ4v) is 2.38. The van der Waals surface area contributed by atoms with E-state index >= 15 is 0 Å². The van der Waals surface area contributed by atoms with Crippen LogP contribution in [0.25, 0.3) is 10.9 Å². The predicted octanol–water partition coefficient (Wildman–Crippen LogP) is 3.08. The summed E-state index contributed by atoms with van der Waals surface area (Å²) in [5.74, 6) is 1.07. The molecule has 0 aliphatic heterocycles. The summed E-state index contributed by atoms with van der Waals surface area (Å²) in [7, 11) is 1.57. The Kier molecular flexibility index (Phi) is 4.56. The number of anilines is 2. The first kappa shape index (κ1) is 15.7. The fraction of sp³-hybridized carbons (Fsp3) is 0.167. The van der Waals surface area contributed by atoms with Crippen LogP contribution in [0.15, 0.2) is 54.9 Å². The van der Waals surface area contributed by atoms with Crippen molar-refractivity contribution in [2.24, 2.45) is 0 Å². The number of rotatable bonds is 5. The highest BCUT2D eigenvalue weighted by atomic mass is 16.5. The minimum Gasteiger partial charge on any atom is -0.495 e. The molecule has 0 saturated heterocycles. The molecule has 0 saturated carbocycles. The topological polar surface area (TPSA) is 76.1 Å². The number of carbonyl (C=O) groups excluding carboxylic acids is 1.